The molecule has 0 fully saturated rings. The highest BCUT2D eigenvalue weighted by Crippen LogP contribution is 2.41. The summed E-state index contributed by atoms with van der Waals surface area (Å²) in [5.41, 5.74) is 3.54. The van der Waals surface area contributed by atoms with Crippen LogP contribution in [0.5, 0.6) is 11.5 Å². The molecule has 2 aromatic carbocycles. The van der Waals surface area contributed by atoms with Gasteiger partial charge in [-0.25, -0.2) is 0 Å². The van der Waals surface area contributed by atoms with E-state index in [1.807, 2.05) is 18.2 Å². The van der Waals surface area contributed by atoms with Crippen molar-refractivity contribution in [1.82, 2.24) is 0 Å². The van der Waals surface area contributed by atoms with E-state index in [0.717, 1.165) is 35.1 Å². The maximum absolute atomic E-state index is 10.8. The number of methoxy groups -OCH3 is 1. The Balaban J connectivity index is 1.88. The Morgan fingerprint density at radius 1 is 1.32 bits per heavy atom. The third-order valence-corrected chi connectivity index (χ3v) is 5.41. The highest BCUT2D eigenvalue weighted by molar-refractivity contribution is 5.48. The van der Waals surface area contributed by atoms with Gasteiger partial charge in [0.2, 0.25) is 0 Å². The van der Waals surface area contributed by atoms with Crippen LogP contribution in [0.4, 0.5) is 5.69 Å². The number of non-ortho nitro benzene ring substituents is 1. The van der Waals surface area contributed by atoms with Gasteiger partial charge < -0.3 is 14.3 Å². The monoisotopic (exact) mass is 343 g/mol. The van der Waals surface area contributed by atoms with Crippen LogP contribution in [0.3, 0.4) is 0 Å². The Labute approximate surface area is 147 Å². The largest absolute Gasteiger partial charge is 0.504 e. The molecule has 0 aromatic heterocycles. The Morgan fingerprint density at radius 2 is 2.00 bits per heavy atom. The van der Waals surface area contributed by atoms with Gasteiger partial charge in [0.25, 0.3) is 5.69 Å². The normalized spacial score (nSPS) is 22.3. The zero-order valence-electron chi connectivity index (χ0n) is 14.7. The fraction of sp³-hybridized carbons (Fsp3) is 0.368. The van der Waals surface area contributed by atoms with Crippen LogP contribution in [0.25, 0.3) is 0 Å². The summed E-state index contributed by atoms with van der Waals surface area (Å²) in [5, 5.41) is 20.8. The van der Waals surface area contributed by atoms with Crippen molar-refractivity contribution in [2.24, 2.45) is 0 Å². The Kier molecular flexibility index (Phi) is 4.39. The molecule has 2 aromatic rings. The van der Waals surface area contributed by atoms with E-state index in [1.54, 1.807) is 25.3 Å². The number of phenolic OH excluding ortho intramolecular Hbond substituents is 1. The number of nitro benzene ring substituents is 1. The summed E-state index contributed by atoms with van der Waals surface area (Å²) in [7, 11) is 3.76. The number of hydrogen-bond acceptors (Lipinski definition) is 4. The maximum atomic E-state index is 10.8. The molecule has 1 aliphatic heterocycles. The van der Waals surface area contributed by atoms with Crippen molar-refractivity contribution in [3.8, 4) is 11.5 Å². The molecule has 6 heteroatoms. The second kappa shape index (κ2) is 6.37. The van der Waals surface area contributed by atoms with Crippen LogP contribution in [0, 0.1) is 10.1 Å². The third-order valence-electron chi connectivity index (χ3n) is 5.41. The lowest BCUT2D eigenvalue weighted by Gasteiger charge is -2.44. The van der Waals surface area contributed by atoms with Crippen molar-refractivity contribution >= 4 is 5.69 Å². The number of hydrogen-bond donors (Lipinski definition) is 1. The first kappa shape index (κ1) is 17.2. The van der Waals surface area contributed by atoms with Crippen molar-refractivity contribution in [2.45, 2.75) is 25.9 Å². The number of phenols is 1. The lowest BCUT2D eigenvalue weighted by molar-refractivity contribution is -0.952. The van der Waals surface area contributed by atoms with Crippen LogP contribution in [0.15, 0.2) is 36.4 Å². The van der Waals surface area contributed by atoms with E-state index in [2.05, 4.69) is 14.0 Å². The lowest BCUT2D eigenvalue weighted by Crippen LogP contribution is -2.49. The first-order valence-electron chi connectivity index (χ1n) is 8.31. The number of nitrogens with zero attached hydrogens (tertiary/aromatic N) is 2. The van der Waals surface area contributed by atoms with Gasteiger partial charge >= 0.3 is 0 Å². The molecule has 0 unspecified atom stereocenters. The number of fused-ring (bicyclic) bond motifs is 1. The average molecular weight is 343 g/mol. The van der Waals surface area contributed by atoms with E-state index in [4.69, 9.17) is 4.74 Å². The molecular formula is C19H23N2O4+. The molecule has 6 nitrogen and oxygen atoms in total. The summed E-state index contributed by atoms with van der Waals surface area (Å²) in [6, 6.07) is 10.8. The molecule has 0 spiro atoms. The lowest BCUT2D eigenvalue weighted by atomic mass is 9.90. The van der Waals surface area contributed by atoms with Crippen molar-refractivity contribution in [3.63, 3.8) is 0 Å². The van der Waals surface area contributed by atoms with Crippen molar-refractivity contribution in [3.05, 3.63) is 63.2 Å². The first-order valence-corrected chi connectivity index (χ1v) is 8.31. The van der Waals surface area contributed by atoms with Gasteiger partial charge in [-0.2, -0.15) is 0 Å². The fourth-order valence-corrected chi connectivity index (χ4v) is 3.66. The van der Waals surface area contributed by atoms with E-state index in [0.29, 0.717) is 5.75 Å². The number of ether oxygens (including phenoxy) is 1. The van der Waals surface area contributed by atoms with E-state index >= 15 is 0 Å². The predicted molar refractivity (Wildman–Crippen MR) is 94.6 cm³/mol. The second-order valence-electron chi connectivity index (χ2n) is 6.93. The molecule has 0 amide bonds. The van der Waals surface area contributed by atoms with Gasteiger partial charge in [0.05, 0.1) is 25.6 Å². The summed E-state index contributed by atoms with van der Waals surface area (Å²) in [5.74, 6) is 0.675. The summed E-state index contributed by atoms with van der Waals surface area (Å²) < 4.78 is 6.06. The number of quaternary nitrogens is 1. The summed E-state index contributed by atoms with van der Waals surface area (Å²) in [6.45, 7) is 3.92. The number of aromatic hydroxyl groups is 1. The van der Waals surface area contributed by atoms with E-state index in [1.165, 1.54) is 5.56 Å². The van der Waals surface area contributed by atoms with Gasteiger partial charge in [0, 0.05) is 29.7 Å². The summed E-state index contributed by atoms with van der Waals surface area (Å²) >= 11 is 0. The van der Waals surface area contributed by atoms with E-state index in [-0.39, 0.29) is 22.4 Å². The number of nitro groups is 1. The van der Waals surface area contributed by atoms with E-state index < -0.39 is 0 Å². The standard InChI is InChI=1S/C19H22N2O4/c1-13-17-11-19(25-3)18(22)10-15(17)8-9-21(13,2)12-14-4-6-16(7-5-14)20(23)24/h4-7,10-11,13H,8-9,12H2,1-3H3/p+1/t13-,21+/m1/s1. The van der Waals surface area contributed by atoms with Crippen LogP contribution in [-0.4, -0.2) is 35.2 Å². The summed E-state index contributed by atoms with van der Waals surface area (Å²) in [4.78, 5) is 10.4. The molecule has 0 saturated heterocycles. The van der Waals surface area contributed by atoms with Gasteiger partial charge in [0.1, 0.15) is 12.6 Å². The quantitative estimate of drug-likeness (QED) is 0.523. The topological polar surface area (TPSA) is 72.6 Å². The van der Waals surface area contributed by atoms with E-state index in [9.17, 15) is 15.2 Å². The molecule has 3 rings (SSSR count). The highest BCUT2D eigenvalue weighted by atomic mass is 16.6. The Hall–Kier alpha value is -2.60. The molecule has 0 bridgehead atoms. The van der Waals surface area contributed by atoms with Crippen LogP contribution < -0.4 is 4.74 Å². The molecule has 1 N–H and O–H groups in total. The Bertz CT molecular complexity index is 804. The zero-order valence-corrected chi connectivity index (χ0v) is 14.7. The zero-order chi connectivity index (χ0) is 18.2. The second-order valence-corrected chi connectivity index (χ2v) is 6.93. The molecule has 0 saturated carbocycles. The SMILES string of the molecule is COc1cc2c(cc1O)CC[N@@+](C)(Cc1ccc([N+](=O)[O-])cc1)[C@@H]2C. The Morgan fingerprint density at radius 3 is 2.60 bits per heavy atom. The fourth-order valence-electron chi connectivity index (χ4n) is 3.66. The van der Waals surface area contributed by atoms with Gasteiger partial charge in [-0.3, -0.25) is 10.1 Å². The minimum Gasteiger partial charge on any atom is -0.504 e. The number of benzene rings is 2. The van der Waals surface area contributed by atoms with Crippen molar-refractivity contribution < 1.29 is 19.2 Å². The van der Waals surface area contributed by atoms with Crippen LogP contribution in [-0.2, 0) is 13.0 Å². The number of rotatable bonds is 4. The maximum Gasteiger partial charge on any atom is 0.269 e. The molecule has 1 aliphatic rings. The van der Waals surface area contributed by atoms with Crippen molar-refractivity contribution in [2.75, 3.05) is 20.7 Å². The smallest absolute Gasteiger partial charge is 0.269 e. The third kappa shape index (κ3) is 3.17. The van der Waals surface area contributed by atoms with Crippen LogP contribution in [0.2, 0.25) is 0 Å². The molecular weight excluding hydrogens is 320 g/mol. The minimum absolute atomic E-state index is 0.114. The molecule has 0 radical (unpaired) electrons. The van der Waals surface area contributed by atoms with Crippen LogP contribution in [0.1, 0.15) is 29.7 Å². The molecule has 1 heterocycles. The molecule has 2 atom stereocenters. The highest BCUT2D eigenvalue weighted by Gasteiger charge is 2.36. The molecule has 0 aliphatic carbocycles. The van der Waals surface area contributed by atoms with Crippen LogP contribution >= 0.6 is 0 Å². The number of likely N-dealkylation sites (N-methyl/N-ethyl adjacent to an activating group) is 1. The van der Waals surface area contributed by atoms with Gasteiger partial charge in [-0.05, 0) is 36.8 Å². The van der Waals surface area contributed by atoms with Gasteiger partial charge in [-0.1, -0.05) is 0 Å². The average Bonchev–Trinajstić information content (AvgIpc) is 2.59. The van der Waals surface area contributed by atoms with Crippen molar-refractivity contribution in [1.29, 1.82) is 0 Å². The molecule has 132 valence electrons. The molecule has 25 heavy (non-hydrogen) atoms. The van der Waals surface area contributed by atoms with Gasteiger partial charge in [0.15, 0.2) is 11.5 Å². The first-order chi connectivity index (χ1) is 11.8. The minimum atomic E-state index is -0.376. The van der Waals surface area contributed by atoms with Gasteiger partial charge in [-0.15, -0.1) is 0 Å². The summed E-state index contributed by atoms with van der Waals surface area (Å²) in [6.07, 6.45) is 0.876. The predicted octanol–water partition coefficient (Wildman–Crippen LogP) is 3.57.